The highest BCUT2D eigenvalue weighted by Gasteiger charge is 2.69. The van der Waals surface area contributed by atoms with Crippen molar-refractivity contribution in [1.82, 2.24) is 20.9 Å². The molecular weight excluding hydrogens is 434 g/mol. The fraction of sp³-hybridized carbons (Fsp3) is 0.800. The number of hydrogen-bond donors (Lipinski definition) is 3. The second-order valence-corrected chi connectivity index (χ2v) is 12.1. The third kappa shape index (κ3) is 4.91. The lowest BCUT2D eigenvalue weighted by molar-refractivity contribution is -0.146. The summed E-state index contributed by atoms with van der Waals surface area (Å²) in [6, 6.07) is -0.175. The summed E-state index contributed by atoms with van der Waals surface area (Å²) >= 11 is 0. The molecule has 2 aliphatic heterocycles. The second kappa shape index (κ2) is 9.20. The number of hydrogen-bond acceptors (Lipinski definition) is 5. The van der Waals surface area contributed by atoms with E-state index < -0.39 is 23.5 Å². The summed E-state index contributed by atoms with van der Waals surface area (Å²) in [4.78, 5) is 53.2. The van der Waals surface area contributed by atoms with Crippen molar-refractivity contribution in [3.63, 3.8) is 0 Å². The highest BCUT2D eigenvalue weighted by molar-refractivity contribution is 5.94. The van der Waals surface area contributed by atoms with E-state index in [0.717, 1.165) is 0 Å². The Morgan fingerprint density at radius 3 is 2.38 bits per heavy atom. The minimum Gasteiger partial charge on any atom is -0.356 e. The highest BCUT2D eigenvalue weighted by Crippen LogP contribution is 2.65. The number of rotatable bonds is 7. The number of nitriles is 1. The lowest BCUT2D eigenvalue weighted by Gasteiger charge is -2.38. The Morgan fingerprint density at radius 1 is 1.24 bits per heavy atom. The van der Waals surface area contributed by atoms with Crippen LogP contribution in [0.3, 0.4) is 0 Å². The minimum absolute atomic E-state index is 0.00742. The van der Waals surface area contributed by atoms with Crippen LogP contribution in [0.25, 0.3) is 0 Å². The van der Waals surface area contributed by atoms with Crippen molar-refractivity contribution in [3.05, 3.63) is 0 Å². The van der Waals surface area contributed by atoms with Crippen LogP contribution < -0.4 is 16.0 Å². The van der Waals surface area contributed by atoms with E-state index >= 15 is 0 Å². The maximum absolute atomic E-state index is 13.7. The Kier molecular flexibility index (Phi) is 7.03. The van der Waals surface area contributed by atoms with Crippen molar-refractivity contribution in [1.29, 1.82) is 5.26 Å². The summed E-state index contributed by atoms with van der Waals surface area (Å²) in [5, 5.41) is 18.1. The van der Waals surface area contributed by atoms with Crippen LogP contribution in [-0.2, 0) is 19.2 Å². The predicted molar refractivity (Wildman–Crippen MR) is 126 cm³/mol. The zero-order chi connectivity index (χ0) is 25.6. The first-order chi connectivity index (χ1) is 15.7. The van der Waals surface area contributed by atoms with Gasteiger partial charge in [-0.15, -0.1) is 0 Å². The van der Waals surface area contributed by atoms with E-state index in [1.54, 1.807) is 18.7 Å². The van der Waals surface area contributed by atoms with Crippen molar-refractivity contribution >= 4 is 23.6 Å². The molecule has 0 aromatic heterocycles. The minimum atomic E-state index is -0.807. The summed E-state index contributed by atoms with van der Waals surface area (Å²) < 4.78 is 0. The van der Waals surface area contributed by atoms with Crippen LogP contribution in [0, 0.1) is 45.8 Å². The van der Waals surface area contributed by atoms with E-state index in [1.165, 1.54) is 0 Å². The normalized spacial score (nSPS) is 29.0. The standard InChI is InChI=1S/C25H39N5O4/c1-13(2)20(31)29-19(24(3,4)5)23(34)30-12-16-17(25(16,6)7)18(30)22(33)28-15(11-26)10-14-8-9-27-21(14)32/h13-19H,8-10,12H2,1-7H3,(H,27,32)(H,28,33)(H,29,31)/t14-,15-,16-,17-,18-,19+/m0/s1. The fourth-order valence-electron chi connectivity index (χ4n) is 5.49. The molecule has 3 fully saturated rings. The van der Waals surface area contributed by atoms with E-state index in [0.29, 0.717) is 19.5 Å². The molecule has 4 amide bonds. The number of carbonyl (C=O) groups is 4. The number of nitrogens with one attached hydrogen (secondary N) is 3. The average Bonchev–Trinajstić information content (AvgIpc) is 3.10. The molecule has 9 nitrogen and oxygen atoms in total. The van der Waals surface area contributed by atoms with Crippen molar-refractivity contribution in [2.45, 2.75) is 79.4 Å². The zero-order valence-corrected chi connectivity index (χ0v) is 21.4. The molecule has 0 aromatic carbocycles. The maximum Gasteiger partial charge on any atom is 0.246 e. The van der Waals surface area contributed by atoms with Gasteiger partial charge in [-0.3, -0.25) is 19.2 Å². The molecule has 9 heteroatoms. The summed E-state index contributed by atoms with van der Waals surface area (Å²) in [6.07, 6.45) is 0.892. The summed E-state index contributed by atoms with van der Waals surface area (Å²) in [5.41, 5.74) is -0.624. The molecule has 34 heavy (non-hydrogen) atoms. The zero-order valence-electron chi connectivity index (χ0n) is 21.4. The van der Waals surface area contributed by atoms with Crippen LogP contribution in [-0.4, -0.2) is 59.7 Å². The Morgan fingerprint density at radius 2 is 1.88 bits per heavy atom. The third-order valence-corrected chi connectivity index (χ3v) is 7.84. The van der Waals surface area contributed by atoms with Crippen LogP contribution >= 0.6 is 0 Å². The van der Waals surface area contributed by atoms with Crippen molar-refractivity contribution < 1.29 is 19.2 Å². The van der Waals surface area contributed by atoms with Crippen LogP contribution in [0.15, 0.2) is 0 Å². The molecule has 3 N–H and O–H groups in total. The number of nitrogens with zero attached hydrogens (tertiary/aromatic N) is 2. The Bertz CT molecular complexity index is 900. The SMILES string of the molecule is CC(C)C(=O)N[C@H](C(=O)N1C[C@H]2[C@@H]([C@H]1C(=O)N[C@H](C#N)C[C@@H]1CCNC1=O)C2(C)C)C(C)(C)C. The van der Waals surface area contributed by atoms with Crippen LogP contribution in [0.1, 0.15) is 61.3 Å². The van der Waals surface area contributed by atoms with E-state index in [2.05, 4.69) is 35.9 Å². The molecular formula is C25H39N5O4. The lowest BCUT2D eigenvalue weighted by atomic mass is 9.84. The quantitative estimate of drug-likeness (QED) is 0.511. The monoisotopic (exact) mass is 473 g/mol. The van der Waals surface area contributed by atoms with Crippen LogP contribution in [0.4, 0.5) is 0 Å². The second-order valence-electron chi connectivity index (χ2n) is 12.1. The highest BCUT2D eigenvalue weighted by atomic mass is 16.2. The predicted octanol–water partition coefficient (Wildman–Crippen LogP) is 1.19. The van der Waals surface area contributed by atoms with E-state index in [4.69, 9.17) is 0 Å². The first-order valence-corrected chi connectivity index (χ1v) is 12.3. The third-order valence-electron chi connectivity index (χ3n) is 7.84. The molecule has 0 aromatic rings. The molecule has 6 atom stereocenters. The topological polar surface area (TPSA) is 131 Å². The molecule has 188 valence electrons. The van der Waals surface area contributed by atoms with Gasteiger partial charge < -0.3 is 20.9 Å². The van der Waals surface area contributed by atoms with Gasteiger partial charge in [0.2, 0.25) is 23.6 Å². The van der Waals surface area contributed by atoms with Crippen molar-refractivity contribution in [2.75, 3.05) is 13.1 Å². The van der Waals surface area contributed by atoms with Gasteiger partial charge in [0.15, 0.2) is 0 Å². The van der Waals surface area contributed by atoms with Crippen molar-refractivity contribution in [2.24, 2.45) is 34.5 Å². The first kappa shape index (κ1) is 26.0. The number of fused-ring (bicyclic) bond motifs is 1. The van der Waals surface area contributed by atoms with Gasteiger partial charge in [-0.25, -0.2) is 0 Å². The molecule has 0 bridgehead atoms. The number of carbonyl (C=O) groups excluding carboxylic acids is 4. The largest absolute Gasteiger partial charge is 0.356 e. The van der Waals surface area contributed by atoms with Gasteiger partial charge in [-0.1, -0.05) is 48.5 Å². The van der Waals surface area contributed by atoms with E-state index in [1.807, 2.05) is 20.8 Å². The number of piperidine rings is 1. The smallest absolute Gasteiger partial charge is 0.246 e. The van der Waals surface area contributed by atoms with Gasteiger partial charge in [0.1, 0.15) is 18.1 Å². The summed E-state index contributed by atoms with van der Waals surface area (Å²) in [6.45, 7) is 14.4. The van der Waals surface area contributed by atoms with Gasteiger partial charge in [-0.2, -0.15) is 5.26 Å². The van der Waals surface area contributed by atoms with Crippen molar-refractivity contribution in [3.8, 4) is 6.07 Å². The molecule has 2 heterocycles. The molecule has 1 aliphatic carbocycles. The van der Waals surface area contributed by atoms with Gasteiger partial charge >= 0.3 is 0 Å². The Hall–Kier alpha value is -2.63. The maximum atomic E-state index is 13.7. The number of likely N-dealkylation sites (tertiary alicyclic amines) is 1. The Balaban J connectivity index is 1.79. The molecule has 0 radical (unpaired) electrons. The fourth-order valence-corrected chi connectivity index (χ4v) is 5.49. The van der Waals surface area contributed by atoms with Crippen LogP contribution in [0.5, 0.6) is 0 Å². The molecule has 0 unspecified atom stereocenters. The van der Waals surface area contributed by atoms with Gasteiger partial charge in [0.25, 0.3) is 0 Å². The molecule has 3 aliphatic rings. The van der Waals surface area contributed by atoms with Gasteiger partial charge in [0, 0.05) is 24.9 Å². The molecule has 2 saturated heterocycles. The Labute approximate surface area is 202 Å². The van der Waals surface area contributed by atoms with Crippen LogP contribution in [0.2, 0.25) is 0 Å². The molecule has 3 rings (SSSR count). The van der Waals surface area contributed by atoms with Gasteiger partial charge in [-0.05, 0) is 35.5 Å². The summed E-state index contributed by atoms with van der Waals surface area (Å²) in [5.74, 6) is -1.32. The van der Waals surface area contributed by atoms with E-state index in [-0.39, 0.29) is 59.1 Å². The summed E-state index contributed by atoms with van der Waals surface area (Å²) in [7, 11) is 0. The van der Waals surface area contributed by atoms with Gasteiger partial charge in [0.05, 0.1) is 6.07 Å². The average molecular weight is 474 g/mol. The molecule has 1 saturated carbocycles. The van der Waals surface area contributed by atoms with E-state index in [9.17, 15) is 24.4 Å². The number of amides is 4. The molecule has 0 spiro atoms. The first-order valence-electron chi connectivity index (χ1n) is 12.3. The lowest BCUT2D eigenvalue weighted by Crippen LogP contribution is -2.60.